The van der Waals surface area contributed by atoms with E-state index in [0.717, 1.165) is 28.9 Å². The number of nitrogens with zero attached hydrogens (tertiary/aromatic N) is 1. The smallest absolute Gasteiger partial charge is 0.332 e. The Bertz CT molecular complexity index is 3070. The molecule has 13 rings (SSSR count). The molecule has 4 aliphatic rings. The van der Waals surface area contributed by atoms with Crippen LogP contribution in [-0.4, -0.2) is 11.3 Å². The zero-order valence-corrected chi connectivity index (χ0v) is 27.1. The Kier molecular flexibility index (Phi) is 4.18. The van der Waals surface area contributed by atoms with Gasteiger partial charge in [-0.15, -0.1) is 0 Å². The summed E-state index contributed by atoms with van der Waals surface area (Å²) in [5, 5.41) is 6.00. The summed E-state index contributed by atoms with van der Waals surface area (Å²) >= 11 is 0. The van der Waals surface area contributed by atoms with E-state index in [-0.39, 0.29) is 18.2 Å². The van der Waals surface area contributed by atoms with E-state index in [4.69, 9.17) is 8.83 Å². The summed E-state index contributed by atoms with van der Waals surface area (Å²) < 4.78 is 16.3. The van der Waals surface area contributed by atoms with Gasteiger partial charge >= 0.3 is 6.85 Å². The minimum Gasteiger partial charge on any atom is -0.455 e. The lowest BCUT2D eigenvalue weighted by Gasteiger charge is -2.42. The highest BCUT2D eigenvalue weighted by Gasteiger charge is 2.50. The molecule has 3 aromatic heterocycles. The predicted octanol–water partition coefficient (Wildman–Crippen LogP) is 10.0. The van der Waals surface area contributed by atoms with Gasteiger partial charge in [0.2, 0.25) is 0 Å². The second-order valence-electron chi connectivity index (χ2n) is 15.1. The van der Waals surface area contributed by atoms with E-state index in [1.165, 1.54) is 87.9 Å². The quantitative estimate of drug-likeness (QED) is 0.157. The van der Waals surface area contributed by atoms with Gasteiger partial charge in [0.15, 0.2) is 5.71 Å². The highest BCUT2D eigenvalue weighted by molar-refractivity contribution is 6.88. The van der Waals surface area contributed by atoms with Gasteiger partial charge in [-0.1, -0.05) is 116 Å². The first-order valence-electron chi connectivity index (χ1n) is 17.5. The molecule has 2 aliphatic carbocycles. The first-order valence-corrected chi connectivity index (χ1v) is 17.5. The zero-order chi connectivity index (χ0) is 31.9. The maximum absolute atomic E-state index is 6.89. The second kappa shape index (κ2) is 8.10. The molecule has 1 atom stereocenters. The Labute approximate surface area is 282 Å². The third kappa shape index (κ3) is 2.70. The van der Waals surface area contributed by atoms with Crippen LogP contribution in [0.2, 0.25) is 0 Å². The molecule has 0 saturated heterocycles. The topological polar surface area (TPSA) is 31.2 Å². The van der Waals surface area contributed by atoms with Crippen LogP contribution in [0.3, 0.4) is 0 Å². The van der Waals surface area contributed by atoms with Gasteiger partial charge in [0.05, 0.1) is 5.39 Å². The number of allylic oxidation sites excluding steroid dienone is 1. The van der Waals surface area contributed by atoms with Crippen LogP contribution >= 0.6 is 0 Å². The minimum atomic E-state index is -0.0453. The first kappa shape index (κ1) is 25.3. The van der Waals surface area contributed by atoms with Gasteiger partial charge in [-0.2, -0.15) is 0 Å². The van der Waals surface area contributed by atoms with E-state index >= 15 is 0 Å². The van der Waals surface area contributed by atoms with Gasteiger partial charge in [0, 0.05) is 49.5 Å². The Morgan fingerprint density at radius 2 is 1.41 bits per heavy atom. The van der Waals surface area contributed by atoms with Crippen molar-refractivity contribution in [1.82, 2.24) is 4.48 Å². The summed E-state index contributed by atoms with van der Waals surface area (Å²) in [6, 6.07) is 42.6. The summed E-state index contributed by atoms with van der Waals surface area (Å²) in [4.78, 5) is 0. The second-order valence-corrected chi connectivity index (χ2v) is 15.1. The van der Waals surface area contributed by atoms with Crippen molar-refractivity contribution in [2.24, 2.45) is 0 Å². The molecule has 228 valence electrons. The van der Waals surface area contributed by atoms with Gasteiger partial charge < -0.3 is 13.3 Å². The largest absolute Gasteiger partial charge is 0.455 e. The third-order valence-corrected chi connectivity index (χ3v) is 12.6. The normalized spacial score (nSPS) is 17.8. The number of benzene rings is 6. The first-order chi connectivity index (χ1) is 24.1. The molecular weight excluding hydrogens is 597 g/mol. The molecular formula is C45H28BNO2. The molecule has 49 heavy (non-hydrogen) atoms. The highest BCUT2D eigenvalue weighted by atomic mass is 16.3. The summed E-state index contributed by atoms with van der Waals surface area (Å²) in [5.74, 6) is 0.240. The van der Waals surface area contributed by atoms with Gasteiger partial charge in [-0.25, -0.2) is 0 Å². The molecule has 0 radical (unpaired) electrons. The third-order valence-electron chi connectivity index (χ3n) is 12.6. The summed E-state index contributed by atoms with van der Waals surface area (Å²) in [5.41, 5.74) is 20.4. The van der Waals surface area contributed by atoms with Crippen LogP contribution in [0.4, 0.5) is 0 Å². The average molecular weight is 626 g/mol. The number of furan rings is 2. The Morgan fingerprint density at radius 1 is 0.694 bits per heavy atom. The van der Waals surface area contributed by atoms with Crippen LogP contribution in [0.15, 0.2) is 130 Å². The van der Waals surface area contributed by atoms with E-state index in [0.29, 0.717) is 0 Å². The average Bonchev–Trinajstić information content (AvgIpc) is 3.85. The lowest BCUT2D eigenvalue weighted by atomic mass is 9.40. The highest BCUT2D eigenvalue weighted by Crippen LogP contribution is 2.58. The number of rotatable bonds is 0. The maximum atomic E-state index is 6.89. The van der Waals surface area contributed by atoms with Crippen molar-refractivity contribution in [3.63, 3.8) is 0 Å². The molecule has 0 bridgehead atoms. The molecule has 0 saturated carbocycles. The molecule has 0 fully saturated rings. The minimum absolute atomic E-state index is 0.0391. The van der Waals surface area contributed by atoms with E-state index in [1.807, 2.05) is 0 Å². The number of hydrogen-bond acceptors (Lipinski definition) is 2. The van der Waals surface area contributed by atoms with Crippen molar-refractivity contribution < 1.29 is 8.83 Å². The number of aromatic nitrogens is 1. The van der Waals surface area contributed by atoms with Crippen LogP contribution in [-0.2, 0) is 5.41 Å². The Balaban J connectivity index is 1.25. The van der Waals surface area contributed by atoms with Crippen LogP contribution in [0.25, 0.3) is 71.6 Å². The summed E-state index contributed by atoms with van der Waals surface area (Å²) in [6.07, 6.45) is 1.00. The SMILES string of the molecule is CC1(C)C2=C(c3ccccc31)c1cccc3c1C(C2)c1cc2c(oc4ccccc42)c2c1B3n1c3oc4ccccc4c3c3cccc-2c31. The predicted molar refractivity (Wildman–Crippen MR) is 201 cm³/mol. The van der Waals surface area contributed by atoms with Crippen molar-refractivity contribution in [3.8, 4) is 11.1 Å². The van der Waals surface area contributed by atoms with Crippen molar-refractivity contribution >= 4 is 78.3 Å². The number of para-hydroxylation sites is 3. The standard InChI is InChI=1S/C45H28BNO2/c1-45(2)32-17-6-3-12-24(32)37-26-14-10-18-34-38(26)29(22-33(37)45)30-21-31-23-11-4-7-19-35(23)48-43(31)40-28-16-9-15-27-39-25-13-5-8-20-36(25)49-44(39)47(42(27)28)46(34)41(30)40/h3-21,29H,22H2,1-2H3. The molecule has 9 aromatic rings. The molecule has 1 unspecified atom stereocenters. The van der Waals surface area contributed by atoms with E-state index in [9.17, 15) is 0 Å². The molecule has 0 amide bonds. The molecule has 6 aromatic carbocycles. The van der Waals surface area contributed by atoms with E-state index in [2.05, 4.69) is 134 Å². The van der Waals surface area contributed by atoms with Crippen LogP contribution in [0.5, 0.6) is 0 Å². The van der Waals surface area contributed by atoms with Crippen molar-refractivity contribution in [2.75, 3.05) is 0 Å². The summed E-state index contributed by atoms with van der Waals surface area (Å²) in [7, 11) is 0. The van der Waals surface area contributed by atoms with Gasteiger partial charge in [-0.05, 0) is 68.9 Å². The molecule has 2 aliphatic heterocycles. The fourth-order valence-electron chi connectivity index (χ4n) is 10.7. The fourth-order valence-corrected chi connectivity index (χ4v) is 10.7. The Morgan fingerprint density at radius 3 is 2.31 bits per heavy atom. The Hall–Kier alpha value is -5.74. The van der Waals surface area contributed by atoms with Crippen molar-refractivity contribution in [1.29, 1.82) is 0 Å². The number of fused-ring (bicyclic) bond motifs is 16. The van der Waals surface area contributed by atoms with Crippen LogP contribution in [0.1, 0.15) is 54.0 Å². The van der Waals surface area contributed by atoms with Gasteiger partial charge in [0.1, 0.15) is 16.7 Å². The van der Waals surface area contributed by atoms with Crippen LogP contribution in [0, 0.1) is 0 Å². The van der Waals surface area contributed by atoms with Crippen LogP contribution < -0.4 is 10.9 Å². The number of hydrogen-bond donors (Lipinski definition) is 0. The lowest BCUT2D eigenvalue weighted by Crippen LogP contribution is -2.57. The maximum Gasteiger partial charge on any atom is 0.332 e. The van der Waals surface area contributed by atoms with Crippen molar-refractivity contribution in [2.45, 2.75) is 31.6 Å². The molecule has 3 nitrogen and oxygen atoms in total. The fraction of sp³-hybridized carbons (Fsp3) is 0.111. The van der Waals surface area contributed by atoms with E-state index in [1.54, 1.807) is 5.57 Å². The monoisotopic (exact) mass is 625 g/mol. The molecule has 5 heterocycles. The van der Waals surface area contributed by atoms with Crippen molar-refractivity contribution in [3.05, 3.63) is 149 Å². The molecule has 4 heteroatoms. The van der Waals surface area contributed by atoms with Gasteiger partial charge in [-0.3, -0.25) is 0 Å². The van der Waals surface area contributed by atoms with Gasteiger partial charge in [0.25, 0.3) is 0 Å². The summed E-state index contributed by atoms with van der Waals surface area (Å²) in [6.45, 7) is 4.82. The van der Waals surface area contributed by atoms with E-state index < -0.39 is 0 Å². The molecule has 0 N–H and O–H groups in total. The molecule has 0 spiro atoms. The lowest BCUT2D eigenvalue weighted by molar-refractivity contribution is 0.585. The zero-order valence-electron chi connectivity index (χ0n) is 27.1.